The molecule has 2 aliphatic rings. The Labute approximate surface area is 187 Å². The van der Waals surface area contributed by atoms with E-state index in [9.17, 15) is 14.4 Å². The highest BCUT2D eigenvalue weighted by Gasteiger charge is 2.34. The summed E-state index contributed by atoms with van der Waals surface area (Å²) in [5.74, 6) is 0.137. The standard InChI is InChI=1S/C25H28N2O5/c1-31-22-12-5-2-8-18(22)16-26(17-19-9-7-15-32-19)23(28)13-6-14-27-24(29)20-10-3-4-11-21(20)25(27)30/h2-5,8,10-12,19H,6-7,9,13-17H2,1H3. The summed E-state index contributed by atoms with van der Waals surface area (Å²) in [5.41, 5.74) is 1.79. The van der Waals surface area contributed by atoms with Gasteiger partial charge in [0.05, 0.1) is 24.3 Å². The van der Waals surface area contributed by atoms with Gasteiger partial charge in [-0.2, -0.15) is 0 Å². The van der Waals surface area contributed by atoms with Crippen LogP contribution in [0.25, 0.3) is 0 Å². The van der Waals surface area contributed by atoms with Gasteiger partial charge in [-0.3, -0.25) is 19.3 Å². The van der Waals surface area contributed by atoms with Gasteiger partial charge in [0, 0.05) is 38.2 Å². The van der Waals surface area contributed by atoms with Crippen LogP contribution in [-0.4, -0.2) is 60.4 Å². The van der Waals surface area contributed by atoms with Crippen molar-refractivity contribution in [1.29, 1.82) is 0 Å². The van der Waals surface area contributed by atoms with Crippen LogP contribution < -0.4 is 4.74 Å². The van der Waals surface area contributed by atoms with Gasteiger partial charge in [-0.05, 0) is 37.5 Å². The minimum absolute atomic E-state index is 0.0250. The summed E-state index contributed by atoms with van der Waals surface area (Å²) in [6.45, 7) is 1.89. The maximum absolute atomic E-state index is 13.1. The van der Waals surface area contributed by atoms with Crippen molar-refractivity contribution in [2.24, 2.45) is 0 Å². The van der Waals surface area contributed by atoms with E-state index >= 15 is 0 Å². The zero-order valence-corrected chi connectivity index (χ0v) is 18.3. The molecular formula is C25H28N2O5. The summed E-state index contributed by atoms with van der Waals surface area (Å²) in [6, 6.07) is 14.5. The second-order valence-corrected chi connectivity index (χ2v) is 8.13. The van der Waals surface area contributed by atoms with Gasteiger partial charge in [0.1, 0.15) is 5.75 Å². The molecular weight excluding hydrogens is 408 g/mol. The molecule has 168 valence electrons. The maximum Gasteiger partial charge on any atom is 0.261 e. The predicted octanol–water partition coefficient (Wildman–Crippen LogP) is 3.28. The van der Waals surface area contributed by atoms with Crippen LogP contribution in [0.2, 0.25) is 0 Å². The normalized spacial score (nSPS) is 17.5. The number of carbonyl (C=O) groups is 3. The van der Waals surface area contributed by atoms with E-state index in [0.29, 0.717) is 30.6 Å². The number of methoxy groups -OCH3 is 1. The number of para-hydroxylation sites is 1. The Morgan fingerprint density at radius 3 is 2.44 bits per heavy atom. The van der Waals surface area contributed by atoms with Crippen LogP contribution in [-0.2, 0) is 16.1 Å². The van der Waals surface area contributed by atoms with Crippen molar-refractivity contribution in [3.63, 3.8) is 0 Å². The van der Waals surface area contributed by atoms with E-state index in [4.69, 9.17) is 9.47 Å². The van der Waals surface area contributed by atoms with Crippen molar-refractivity contribution in [3.05, 3.63) is 65.2 Å². The average molecular weight is 437 g/mol. The Morgan fingerprint density at radius 2 is 1.78 bits per heavy atom. The summed E-state index contributed by atoms with van der Waals surface area (Å²) in [4.78, 5) is 41.2. The highest BCUT2D eigenvalue weighted by Crippen LogP contribution is 2.24. The van der Waals surface area contributed by atoms with Crippen molar-refractivity contribution in [2.45, 2.75) is 38.3 Å². The molecule has 2 aliphatic heterocycles. The number of nitrogens with zero attached hydrogens (tertiary/aromatic N) is 2. The molecule has 0 radical (unpaired) electrons. The fraction of sp³-hybridized carbons (Fsp3) is 0.400. The SMILES string of the molecule is COc1ccccc1CN(CC1CCCO1)C(=O)CCCN1C(=O)c2ccccc2C1=O. The molecule has 0 aliphatic carbocycles. The van der Waals surface area contributed by atoms with Gasteiger partial charge >= 0.3 is 0 Å². The first-order valence-electron chi connectivity index (χ1n) is 11.0. The van der Waals surface area contributed by atoms with Crippen LogP contribution in [0.3, 0.4) is 0 Å². The third kappa shape index (κ3) is 4.67. The monoisotopic (exact) mass is 436 g/mol. The predicted molar refractivity (Wildman–Crippen MR) is 118 cm³/mol. The average Bonchev–Trinajstić information content (AvgIpc) is 3.41. The molecule has 3 amide bonds. The van der Waals surface area contributed by atoms with Crippen molar-refractivity contribution in [3.8, 4) is 5.75 Å². The molecule has 2 aromatic rings. The molecule has 32 heavy (non-hydrogen) atoms. The lowest BCUT2D eigenvalue weighted by atomic mass is 10.1. The topological polar surface area (TPSA) is 76.2 Å². The second-order valence-electron chi connectivity index (χ2n) is 8.13. The lowest BCUT2D eigenvalue weighted by Crippen LogP contribution is -2.37. The zero-order chi connectivity index (χ0) is 22.5. The van der Waals surface area contributed by atoms with E-state index < -0.39 is 0 Å². The van der Waals surface area contributed by atoms with Gasteiger partial charge in [0.25, 0.3) is 11.8 Å². The molecule has 2 heterocycles. The third-order valence-corrected chi connectivity index (χ3v) is 6.00. The van der Waals surface area contributed by atoms with Gasteiger partial charge in [-0.1, -0.05) is 30.3 Å². The first-order valence-corrected chi connectivity index (χ1v) is 11.0. The number of amides is 3. The Hall–Kier alpha value is -3.19. The molecule has 0 saturated carbocycles. The summed E-state index contributed by atoms with van der Waals surface area (Å²) in [5, 5.41) is 0. The number of carbonyl (C=O) groups excluding carboxylic acids is 3. The van der Waals surface area contributed by atoms with Gasteiger partial charge in [-0.15, -0.1) is 0 Å². The number of benzene rings is 2. The van der Waals surface area contributed by atoms with Crippen LogP contribution in [0.4, 0.5) is 0 Å². The number of rotatable bonds is 9. The number of ether oxygens (including phenoxy) is 2. The largest absolute Gasteiger partial charge is 0.496 e. The first-order chi connectivity index (χ1) is 15.6. The van der Waals surface area contributed by atoms with Gasteiger partial charge in [-0.25, -0.2) is 0 Å². The van der Waals surface area contributed by atoms with E-state index in [1.807, 2.05) is 24.3 Å². The lowest BCUT2D eigenvalue weighted by molar-refractivity contribution is -0.133. The summed E-state index contributed by atoms with van der Waals surface area (Å²) < 4.78 is 11.2. The molecule has 1 fully saturated rings. The van der Waals surface area contributed by atoms with Crippen LogP contribution in [0.15, 0.2) is 48.5 Å². The first kappa shape index (κ1) is 22.0. The molecule has 0 bridgehead atoms. The summed E-state index contributed by atoms with van der Waals surface area (Å²) in [6.07, 6.45) is 2.63. The fourth-order valence-electron chi connectivity index (χ4n) is 4.32. The number of fused-ring (bicyclic) bond motifs is 1. The van der Waals surface area contributed by atoms with Crippen molar-refractivity contribution < 1.29 is 23.9 Å². The highest BCUT2D eigenvalue weighted by molar-refractivity contribution is 6.21. The Bertz CT molecular complexity index is 964. The second kappa shape index (κ2) is 9.96. The molecule has 0 N–H and O–H groups in total. The number of hydrogen-bond donors (Lipinski definition) is 0. The van der Waals surface area contributed by atoms with Gasteiger partial charge < -0.3 is 14.4 Å². The van der Waals surface area contributed by atoms with Crippen molar-refractivity contribution >= 4 is 17.7 Å². The molecule has 1 atom stereocenters. The quantitative estimate of drug-likeness (QED) is 0.564. The fourth-order valence-corrected chi connectivity index (χ4v) is 4.32. The molecule has 0 spiro atoms. The lowest BCUT2D eigenvalue weighted by Gasteiger charge is -2.26. The van der Waals surface area contributed by atoms with Gasteiger partial charge in [0.2, 0.25) is 5.91 Å². The number of hydrogen-bond acceptors (Lipinski definition) is 5. The number of imide groups is 1. The minimum Gasteiger partial charge on any atom is -0.496 e. The van der Waals surface area contributed by atoms with Crippen LogP contribution in [0.1, 0.15) is 52.0 Å². The van der Waals surface area contributed by atoms with Crippen LogP contribution in [0, 0.1) is 0 Å². The molecule has 7 heteroatoms. The molecule has 4 rings (SSSR count). The summed E-state index contributed by atoms with van der Waals surface area (Å²) >= 11 is 0. The van der Waals surface area contributed by atoms with E-state index in [2.05, 4.69) is 0 Å². The van der Waals surface area contributed by atoms with Crippen LogP contribution >= 0.6 is 0 Å². The van der Waals surface area contributed by atoms with Crippen LogP contribution in [0.5, 0.6) is 5.75 Å². The zero-order valence-electron chi connectivity index (χ0n) is 18.3. The molecule has 7 nitrogen and oxygen atoms in total. The molecule has 1 saturated heterocycles. The molecule has 1 unspecified atom stereocenters. The smallest absolute Gasteiger partial charge is 0.261 e. The van der Waals surface area contributed by atoms with Gasteiger partial charge in [0.15, 0.2) is 0 Å². The Kier molecular flexibility index (Phi) is 6.85. The summed E-state index contributed by atoms with van der Waals surface area (Å²) in [7, 11) is 1.62. The maximum atomic E-state index is 13.1. The van der Waals surface area contributed by atoms with Crippen molar-refractivity contribution in [2.75, 3.05) is 26.8 Å². The van der Waals surface area contributed by atoms with Crippen molar-refractivity contribution in [1.82, 2.24) is 9.80 Å². The van der Waals surface area contributed by atoms with E-state index in [0.717, 1.165) is 30.8 Å². The third-order valence-electron chi connectivity index (χ3n) is 6.00. The Balaban J connectivity index is 1.39. The van der Waals surface area contributed by atoms with E-state index in [1.165, 1.54) is 4.90 Å². The van der Waals surface area contributed by atoms with E-state index in [-0.39, 0.29) is 36.8 Å². The minimum atomic E-state index is -0.289. The highest BCUT2D eigenvalue weighted by atomic mass is 16.5. The molecule has 0 aromatic heterocycles. The van der Waals surface area contributed by atoms with E-state index in [1.54, 1.807) is 36.3 Å². The molecule has 2 aromatic carbocycles. The Morgan fingerprint density at radius 1 is 1.09 bits per heavy atom.